The van der Waals surface area contributed by atoms with E-state index in [1.165, 1.54) is 30.9 Å². The average molecular weight is 350 g/mol. The third kappa shape index (κ3) is 3.13. The van der Waals surface area contributed by atoms with Crippen molar-refractivity contribution in [2.45, 2.75) is 32.2 Å². The molecule has 8 heteroatoms. The van der Waals surface area contributed by atoms with Gasteiger partial charge in [0.1, 0.15) is 12.0 Å². The van der Waals surface area contributed by atoms with E-state index in [0.29, 0.717) is 29.7 Å². The molecule has 0 atom stereocenters. The topological polar surface area (TPSA) is 120 Å². The van der Waals surface area contributed by atoms with E-state index >= 15 is 0 Å². The third-order valence-corrected chi connectivity index (χ3v) is 4.31. The molecule has 1 aliphatic rings. The quantitative estimate of drug-likeness (QED) is 0.724. The summed E-state index contributed by atoms with van der Waals surface area (Å²) in [7, 11) is 0. The van der Waals surface area contributed by atoms with E-state index in [1.807, 2.05) is 6.07 Å². The third-order valence-electron chi connectivity index (χ3n) is 4.31. The Morgan fingerprint density at radius 1 is 1.31 bits per heavy atom. The Kier molecular flexibility index (Phi) is 4.08. The molecule has 0 unspecified atom stereocenters. The molecule has 3 N–H and O–H groups in total. The monoisotopic (exact) mass is 350 g/mol. The number of pyridine rings is 1. The molecule has 26 heavy (non-hydrogen) atoms. The van der Waals surface area contributed by atoms with Gasteiger partial charge in [-0.1, -0.05) is 6.07 Å². The van der Waals surface area contributed by atoms with Crippen LogP contribution in [0.1, 0.15) is 46.2 Å². The predicted molar refractivity (Wildman–Crippen MR) is 94.1 cm³/mol. The molecule has 0 spiro atoms. The van der Waals surface area contributed by atoms with Crippen molar-refractivity contribution in [3.63, 3.8) is 0 Å². The highest BCUT2D eigenvalue weighted by Crippen LogP contribution is 2.41. The fraction of sp³-hybridized carbons (Fsp3) is 0.278. The first-order valence-electron chi connectivity index (χ1n) is 8.39. The highest BCUT2D eigenvalue weighted by Gasteiger charge is 2.26. The lowest BCUT2D eigenvalue weighted by molar-refractivity contribution is 0.0946. The van der Waals surface area contributed by atoms with Crippen molar-refractivity contribution < 1.29 is 9.21 Å². The van der Waals surface area contributed by atoms with Crippen LogP contribution in [0.4, 0.5) is 5.82 Å². The number of aromatic nitrogens is 4. The van der Waals surface area contributed by atoms with Crippen molar-refractivity contribution in [1.29, 1.82) is 0 Å². The molecule has 3 aromatic rings. The van der Waals surface area contributed by atoms with Crippen LogP contribution in [0.3, 0.4) is 0 Å². The number of aryl methyl sites for hydroxylation is 1. The molecular weight excluding hydrogens is 332 g/mol. The lowest BCUT2D eigenvalue weighted by Crippen LogP contribution is -2.26. The van der Waals surface area contributed by atoms with Gasteiger partial charge in [0.2, 0.25) is 5.89 Å². The highest BCUT2D eigenvalue weighted by molar-refractivity contribution is 5.96. The smallest absolute Gasteiger partial charge is 0.274 e. The second-order valence-corrected chi connectivity index (χ2v) is 6.23. The molecule has 0 radical (unpaired) electrons. The Balaban J connectivity index is 1.53. The van der Waals surface area contributed by atoms with E-state index in [0.717, 1.165) is 5.69 Å². The van der Waals surface area contributed by atoms with Crippen LogP contribution in [0.25, 0.3) is 11.6 Å². The van der Waals surface area contributed by atoms with Crippen molar-refractivity contribution in [3.05, 3.63) is 53.4 Å². The Morgan fingerprint density at radius 2 is 2.15 bits per heavy atom. The number of nitrogens with zero attached hydrogens (tertiary/aromatic N) is 4. The summed E-state index contributed by atoms with van der Waals surface area (Å²) in [5, 5.41) is 2.84. The summed E-state index contributed by atoms with van der Waals surface area (Å²) in [6.07, 6.45) is 7.03. The van der Waals surface area contributed by atoms with Crippen LogP contribution in [0, 0.1) is 6.92 Å². The molecule has 0 aliphatic heterocycles. The summed E-state index contributed by atoms with van der Waals surface area (Å²) in [6.45, 7) is 2.06. The maximum Gasteiger partial charge on any atom is 0.274 e. The van der Waals surface area contributed by atoms with Gasteiger partial charge in [-0.15, -0.1) is 0 Å². The number of amides is 1. The van der Waals surface area contributed by atoms with Crippen molar-refractivity contribution in [2.24, 2.45) is 0 Å². The zero-order valence-electron chi connectivity index (χ0n) is 14.3. The molecule has 1 fully saturated rings. The number of nitrogens with one attached hydrogen (secondary N) is 1. The second-order valence-electron chi connectivity index (χ2n) is 6.23. The van der Waals surface area contributed by atoms with E-state index in [1.54, 1.807) is 13.1 Å². The molecule has 1 aliphatic carbocycles. The molecular formula is C18H18N6O2. The van der Waals surface area contributed by atoms with Gasteiger partial charge in [0.15, 0.2) is 11.5 Å². The fourth-order valence-corrected chi connectivity index (χ4v) is 2.85. The summed E-state index contributed by atoms with van der Waals surface area (Å²) in [5.41, 5.74) is 9.03. The summed E-state index contributed by atoms with van der Waals surface area (Å²) in [5.74, 6) is 0.521. The lowest BCUT2D eigenvalue weighted by Gasteiger charge is -2.11. The molecule has 1 amide bonds. The molecule has 4 rings (SSSR count). The molecule has 3 aromatic heterocycles. The van der Waals surface area contributed by atoms with Crippen LogP contribution in [0.15, 0.2) is 35.2 Å². The fourth-order valence-electron chi connectivity index (χ4n) is 2.85. The van der Waals surface area contributed by atoms with Crippen molar-refractivity contribution >= 4 is 11.7 Å². The number of hydrogen-bond donors (Lipinski definition) is 2. The number of oxazole rings is 1. The van der Waals surface area contributed by atoms with Crippen molar-refractivity contribution in [3.8, 4) is 11.6 Å². The molecule has 3 heterocycles. The minimum atomic E-state index is -0.385. The zero-order chi connectivity index (χ0) is 18.1. The van der Waals surface area contributed by atoms with E-state index < -0.39 is 0 Å². The molecule has 0 aromatic carbocycles. The number of nitrogens with two attached hydrogens (primary N) is 1. The molecule has 0 saturated heterocycles. The maximum absolute atomic E-state index is 12.5. The first-order valence-corrected chi connectivity index (χ1v) is 8.39. The van der Waals surface area contributed by atoms with Gasteiger partial charge in [-0.25, -0.2) is 15.0 Å². The predicted octanol–water partition coefficient (Wildman–Crippen LogP) is 2.22. The largest absolute Gasteiger partial charge is 0.443 e. The molecule has 1 saturated carbocycles. The summed E-state index contributed by atoms with van der Waals surface area (Å²) in [4.78, 5) is 29.5. The number of rotatable bonds is 5. The standard InChI is InChI=1S/C18H18N6O2/c1-10-14(18-21-7-8-26-18)24-16(19)15(23-10)17(25)22-9-13-12(11-4-5-11)3-2-6-20-13/h2-3,6-8,11H,4-5,9H2,1H3,(H2,19,24)(H,22,25). The van der Waals surface area contributed by atoms with Crippen molar-refractivity contribution in [2.75, 3.05) is 5.73 Å². The SMILES string of the molecule is Cc1nc(C(=O)NCc2ncccc2C2CC2)c(N)nc1-c1ncco1. The average Bonchev–Trinajstić information content (AvgIpc) is 3.35. The Bertz CT molecular complexity index is 950. The van der Waals surface area contributed by atoms with E-state index in [9.17, 15) is 4.79 Å². The minimum absolute atomic E-state index is 0.0322. The van der Waals surface area contributed by atoms with Gasteiger partial charge in [0.05, 0.1) is 24.1 Å². The van der Waals surface area contributed by atoms with E-state index in [4.69, 9.17) is 10.2 Å². The number of nitrogen functional groups attached to an aromatic ring is 1. The second kappa shape index (κ2) is 6.55. The van der Waals surface area contributed by atoms with Gasteiger partial charge in [-0.05, 0) is 37.3 Å². The Hall–Kier alpha value is -3.29. The van der Waals surface area contributed by atoms with Gasteiger partial charge in [-0.2, -0.15) is 0 Å². The molecule has 8 nitrogen and oxygen atoms in total. The first kappa shape index (κ1) is 16.2. The number of hydrogen-bond acceptors (Lipinski definition) is 7. The van der Waals surface area contributed by atoms with Crippen LogP contribution in [-0.2, 0) is 6.54 Å². The van der Waals surface area contributed by atoms with E-state index in [2.05, 4.69) is 31.3 Å². The molecule has 132 valence electrons. The number of carbonyl (C=O) groups is 1. The van der Waals surface area contributed by atoms with Crippen LogP contribution in [0.5, 0.6) is 0 Å². The normalized spacial score (nSPS) is 13.6. The zero-order valence-corrected chi connectivity index (χ0v) is 14.3. The van der Waals surface area contributed by atoms with Crippen LogP contribution < -0.4 is 11.1 Å². The highest BCUT2D eigenvalue weighted by atomic mass is 16.3. The van der Waals surface area contributed by atoms with Crippen LogP contribution in [0.2, 0.25) is 0 Å². The summed E-state index contributed by atoms with van der Waals surface area (Å²) >= 11 is 0. The van der Waals surface area contributed by atoms with Crippen LogP contribution in [-0.4, -0.2) is 25.8 Å². The lowest BCUT2D eigenvalue weighted by atomic mass is 10.1. The van der Waals surface area contributed by atoms with Crippen LogP contribution >= 0.6 is 0 Å². The summed E-state index contributed by atoms with van der Waals surface area (Å²) in [6, 6.07) is 3.99. The number of carbonyl (C=O) groups excluding carboxylic acids is 1. The van der Waals surface area contributed by atoms with Gasteiger partial charge in [0.25, 0.3) is 5.91 Å². The van der Waals surface area contributed by atoms with E-state index in [-0.39, 0.29) is 17.4 Å². The Labute approximate surface area is 149 Å². The molecule has 0 bridgehead atoms. The van der Waals surface area contributed by atoms with Gasteiger partial charge in [0, 0.05) is 6.20 Å². The van der Waals surface area contributed by atoms with Gasteiger partial charge >= 0.3 is 0 Å². The maximum atomic E-state index is 12.5. The first-order chi connectivity index (χ1) is 12.6. The van der Waals surface area contributed by atoms with Gasteiger partial charge in [-0.3, -0.25) is 9.78 Å². The number of anilines is 1. The summed E-state index contributed by atoms with van der Waals surface area (Å²) < 4.78 is 5.22. The minimum Gasteiger partial charge on any atom is -0.443 e. The van der Waals surface area contributed by atoms with Crippen molar-refractivity contribution in [1.82, 2.24) is 25.3 Å². The Morgan fingerprint density at radius 3 is 2.88 bits per heavy atom. The van der Waals surface area contributed by atoms with Gasteiger partial charge < -0.3 is 15.5 Å².